The van der Waals surface area contributed by atoms with E-state index in [4.69, 9.17) is 11.6 Å². The van der Waals surface area contributed by atoms with Gasteiger partial charge in [0.1, 0.15) is 12.6 Å². The average Bonchev–Trinajstić information content (AvgIpc) is 3.46. The summed E-state index contributed by atoms with van der Waals surface area (Å²) < 4.78 is 29.2. The van der Waals surface area contributed by atoms with E-state index in [1.54, 1.807) is 37.3 Å². The van der Waals surface area contributed by atoms with Crippen LogP contribution in [-0.4, -0.2) is 43.8 Å². The fourth-order valence-corrected chi connectivity index (χ4v) is 6.91. The van der Waals surface area contributed by atoms with Gasteiger partial charge in [-0.05, 0) is 68.5 Å². The lowest BCUT2D eigenvalue weighted by Gasteiger charge is -2.34. The maximum Gasteiger partial charge on any atom is 0.264 e. The van der Waals surface area contributed by atoms with Crippen LogP contribution in [-0.2, 0) is 26.2 Å². The summed E-state index contributed by atoms with van der Waals surface area (Å²) in [5.74, 6) is -0.687. The Balaban J connectivity index is 1.73. The van der Waals surface area contributed by atoms with Crippen molar-refractivity contribution >= 4 is 39.1 Å². The number of carbonyl (C=O) groups is 2. The molecule has 7 nitrogen and oxygen atoms in total. The standard InChI is InChI=1S/C32H38ClN3O4S/c1-4-29(32(38)34-27-12-8-9-13-27)35(21-25-10-6-5-7-11-25)31(37)22-36(30-20-26(33)17-16-24(30)3)41(39,40)28-18-14-23(2)15-19-28/h5-7,10-11,14-20,27,29H,4,8-9,12-13,21-22H2,1-3H3,(H,34,38)/t29-/m1/s1. The van der Waals surface area contributed by atoms with Crippen molar-refractivity contribution in [1.29, 1.82) is 0 Å². The summed E-state index contributed by atoms with van der Waals surface area (Å²) >= 11 is 6.31. The van der Waals surface area contributed by atoms with Crippen molar-refractivity contribution in [3.05, 3.63) is 94.5 Å². The number of nitrogens with one attached hydrogen (secondary N) is 1. The Hall–Kier alpha value is -3.36. The molecule has 0 spiro atoms. The topological polar surface area (TPSA) is 86.8 Å². The summed E-state index contributed by atoms with van der Waals surface area (Å²) in [6.45, 7) is 5.20. The van der Waals surface area contributed by atoms with Gasteiger partial charge in [-0.1, -0.05) is 85.5 Å². The third kappa shape index (κ3) is 7.49. The molecular weight excluding hydrogens is 558 g/mol. The van der Waals surface area contributed by atoms with Crippen LogP contribution in [0.5, 0.6) is 0 Å². The van der Waals surface area contributed by atoms with Gasteiger partial charge >= 0.3 is 0 Å². The second-order valence-electron chi connectivity index (χ2n) is 10.7. The van der Waals surface area contributed by atoms with E-state index in [0.29, 0.717) is 22.7 Å². The molecule has 0 heterocycles. The Labute approximate surface area is 248 Å². The molecule has 1 atom stereocenters. The number of rotatable bonds is 11. The number of aryl methyl sites for hydroxylation is 2. The molecule has 1 fully saturated rings. The maximum atomic E-state index is 14.2. The predicted molar refractivity (Wildman–Crippen MR) is 163 cm³/mol. The fourth-order valence-electron chi connectivity index (χ4n) is 5.27. The number of hydrogen-bond acceptors (Lipinski definition) is 4. The van der Waals surface area contributed by atoms with Crippen LogP contribution in [0.1, 0.15) is 55.7 Å². The Morgan fingerprint density at radius 2 is 1.63 bits per heavy atom. The van der Waals surface area contributed by atoms with Gasteiger partial charge in [-0.15, -0.1) is 0 Å². The van der Waals surface area contributed by atoms with Gasteiger partial charge in [0.25, 0.3) is 10.0 Å². The molecule has 41 heavy (non-hydrogen) atoms. The highest BCUT2D eigenvalue weighted by Crippen LogP contribution is 2.30. The van der Waals surface area contributed by atoms with E-state index in [0.717, 1.165) is 41.1 Å². The van der Waals surface area contributed by atoms with Gasteiger partial charge < -0.3 is 10.2 Å². The molecule has 3 aromatic carbocycles. The van der Waals surface area contributed by atoms with Crippen LogP contribution in [0, 0.1) is 13.8 Å². The molecule has 218 valence electrons. The molecule has 9 heteroatoms. The Morgan fingerprint density at radius 3 is 2.27 bits per heavy atom. The largest absolute Gasteiger partial charge is 0.352 e. The molecule has 0 radical (unpaired) electrons. The summed E-state index contributed by atoms with van der Waals surface area (Å²) in [6, 6.07) is 20.2. The number of sulfonamides is 1. The van der Waals surface area contributed by atoms with Crippen LogP contribution in [0.4, 0.5) is 5.69 Å². The van der Waals surface area contributed by atoms with E-state index < -0.39 is 28.5 Å². The van der Waals surface area contributed by atoms with Crippen molar-refractivity contribution in [3.63, 3.8) is 0 Å². The Bertz CT molecular complexity index is 1460. The third-order valence-electron chi connectivity index (χ3n) is 7.61. The highest BCUT2D eigenvalue weighted by molar-refractivity contribution is 7.92. The Morgan fingerprint density at radius 1 is 0.976 bits per heavy atom. The van der Waals surface area contributed by atoms with Crippen LogP contribution < -0.4 is 9.62 Å². The van der Waals surface area contributed by atoms with E-state index >= 15 is 0 Å². The first-order chi connectivity index (χ1) is 19.6. The molecule has 0 bridgehead atoms. The molecule has 1 saturated carbocycles. The monoisotopic (exact) mass is 595 g/mol. The van der Waals surface area contributed by atoms with E-state index in [9.17, 15) is 18.0 Å². The number of halogens is 1. The van der Waals surface area contributed by atoms with Gasteiger partial charge in [-0.3, -0.25) is 13.9 Å². The zero-order valence-electron chi connectivity index (χ0n) is 23.8. The molecule has 1 aliphatic rings. The highest BCUT2D eigenvalue weighted by Gasteiger charge is 2.35. The lowest BCUT2D eigenvalue weighted by atomic mass is 10.1. The first-order valence-corrected chi connectivity index (χ1v) is 15.9. The van der Waals surface area contributed by atoms with Gasteiger partial charge in [0.15, 0.2) is 0 Å². The van der Waals surface area contributed by atoms with Crippen molar-refractivity contribution in [2.45, 2.75) is 76.4 Å². The van der Waals surface area contributed by atoms with Gasteiger partial charge in [-0.25, -0.2) is 8.42 Å². The van der Waals surface area contributed by atoms with Crippen LogP contribution >= 0.6 is 11.6 Å². The number of benzene rings is 3. The summed E-state index contributed by atoms with van der Waals surface area (Å²) in [6.07, 6.45) is 4.37. The summed E-state index contributed by atoms with van der Waals surface area (Å²) in [7, 11) is -4.16. The molecule has 0 saturated heterocycles. The summed E-state index contributed by atoms with van der Waals surface area (Å²) in [4.78, 5) is 29.3. The minimum atomic E-state index is -4.16. The first-order valence-electron chi connectivity index (χ1n) is 14.1. The number of nitrogens with zero attached hydrogens (tertiary/aromatic N) is 2. The zero-order chi connectivity index (χ0) is 29.6. The second kappa shape index (κ2) is 13.5. The lowest BCUT2D eigenvalue weighted by Crippen LogP contribution is -2.53. The molecule has 1 N–H and O–H groups in total. The quantitative estimate of drug-likeness (QED) is 0.294. The molecule has 0 aliphatic heterocycles. The molecule has 1 aliphatic carbocycles. The van der Waals surface area contributed by atoms with Crippen molar-refractivity contribution in [2.24, 2.45) is 0 Å². The minimum Gasteiger partial charge on any atom is -0.352 e. The molecule has 0 unspecified atom stereocenters. The molecular formula is C32H38ClN3O4S. The summed E-state index contributed by atoms with van der Waals surface area (Å²) in [5.41, 5.74) is 2.73. The van der Waals surface area contributed by atoms with E-state index in [1.807, 2.05) is 44.2 Å². The average molecular weight is 596 g/mol. The highest BCUT2D eigenvalue weighted by atomic mass is 35.5. The molecule has 2 amide bonds. The third-order valence-corrected chi connectivity index (χ3v) is 9.62. The van der Waals surface area contributed by atoms with Crippen LogP contribution in [0.25, 0.3) is 0 Å². The summed E-state index contributed by atoms with van der Waals surface area (Å²) in [5, 5.41) is 3.48. The van der Waals surface area contributed by atoms with E-state index in [1.165, 1.54) is 17.0 Å². The van der Waals surface area contributed by atoms with E-state index in [-0.39, 0.29) is 23.4 Å². The molecule has 0 aromatic heterocycles. The van der Waals surface area contributed by atoms with Crippen molar-refractivity contribution in [1.82, 2.24) is 10.2 Å². The molecule has 4 rings (SSSR count). The van der Waals surface area contributed by atoms with Crippen LogP contribution in [0.2, 0.25) is 5.02 Å². The van der Waals surface area contributed by atoms with E-state index in [2.05, 4.69) is 5.32 Å². The predicted octanol–water partition coefficient (Wildman–Crippen LogP) is 6.02. The van der Waals surface area contributed by atoms with Gasteiger partial charge in [0, 0.05) is 17.6 Å². The fraction of sp³-hybridized carbons (Fsp3) is 0.375. The van der Waals surface area contributed by atoms with Crippen LogP contribution in [0.3, 0.4) is 0 Å². The van der Waals surface area contributed by atoms with Crippen molar-refractivity contribution < 1.29 is 18.0 Å². The zero-order valence-corrected chi connectivity index (χ0v) is 25.4. The SMILES string of the molecule is CC[C@H](C(=O)NC1CCCC1)N(Cc1ccccc1)C(=O)CN(c1cc(Cl)ccc1C)S(=O)(=O)c1ccc(C)cc1. The smallest absolute Gasteiger partial charge is 0.264 e. The number of anilines is 1. The maximum absolute atomic E-state index is 14.2. The normalized spacial score (nSPS) is 14.4. The number of hydrogen-bond donors (Lipinski definition) is 1. The first kappa shape index (κ1) is 30.6. The minimum absolute atomic E-state index is 0.0657. The van der Waals surface area contributed by atoms with Crippen LogP contribution in [0.15, 0.2) is 77.7 Å². The van der Waals surface area contributed by atoms with Crippen molar-refractivity contribution in [3.8, 4) is 0 Å². The van der Waals surface area contributed by atoms with Gasteiger partial charge in [0.05, 0.1) is 10.6 Å². The number of amides is 2. The van der Waals surface area contributed by atoms with Gasteiger partial charge in [0.2, 0.25) is 11.8 Å². The van der Waals surface area contributed by atoms with Crippen molar-refractivity contribution in [2.75, 3.05) is 10.8 Å². The second-order valence-corrected chi connectivity index (χ2v) is 13.0. The Kier molecular flexibility index (Phi) is 10.1. The number of carbonyl (C=O) groups excluding carboxylic acids is 2. The van der Waals surface area contributed by atoms with Gasteiger partial charge in [-0.2, -0.15) is 0 Å². The molecule has 3 aromatic rings. The lowest BCUT2D eigenvalue weighted by molar-refractivity contribution is -0.140.